The zero-order valence-electron chi connectivity index (χ0n) is 15.7. The lowest BCUT2D eigenvalue weighted by molar-refractivity contribution is -0.116. The Morgan fingerprint density at radius 2 is 2.10 bits per heavy atom. The minimum absolute atomic E-state index is 0.110. The maximum atomic E-state index is 12.0. The fourth-order valence-corrected chi connectivity index (χ4v) is 4.67. The summed E-state index contributed by atoms with van der Waals surface area (Å²) in [5, 5.41) is 1.18. The van der Waals surface area contributed by atoms with Gasteiger partial charge in [0.2, 0.25) is 5.91 Å². The SMILES string of the molecule is CN1C(=O)CSc2cc(C(Cn3ccnc3)OCc3ccc(Cl)cc3Cl)ccc21. The molecule has 150 valence electrons. The highest BCUT2D eigenvalue weighted by Gasteiger charge is 2.23. The molecule has 4 rings (SSSR count). The van der Waals surface area contributed by atoms with Gasteiger partial charge in [-0.2, -0.15) is 0 Å². The Morgan fingerprint density at radius 3 is 2.86 bits per heavy atom. The van der Waals surface area contributed by atoms with E-state index >= 15 is 0 Å². The Labute approximate surface area is 183 Å². The Kier molecular flexibility index (Phi) is 6.15. The third kappa shape index (κ3) is 4.61. The van der Waals surface area contributed by atoms with Crippen molar-refractivity contribution in [3.63, 3.8) is 0 Å². The molecular weight excluding hydrogens is 429 g/mol. The summed E-state index contributed by atoms with van der Waals surface area (Å²) in [5.74, 6) is 0.555. The number of anilines is 1. The fourth-order valence-electron chi connectivity index (χ4n) is 3.16. The van der Waals surface area contributed by atoms with Gasteiger partial charge in [0.15, 0.2) is 0 Å². The van der Waals surface area contributed by atoms with Crippen LogP contribution >= 0.6 is 35.0 Å². The van der Waals surface area contributed by atoms with Crippen molar-refractivity contribution < 1.29 is 9.53 Å². The number of halogens is 2. The van der Waals surface area contributed by atoms with Gasteiger partial charge < -0.3 is 14.2 Å². The van der Waals surface area contributed by atoms with E-state index in [0.717, 1.165) is 21.7 Å². The second kappa shape index (κ2) is 8.79. The molecule has 0 spiro atoms. The zero-order chi connectivity index (χ0) is 20.4. The Hall–Kier alpha value is -1.99. The van der Waals surface area contributed by atoms with Crippen molar-refractivity contribution in [1.82, 2.24) is 9.55 Å². The molecule has 0 fully saturated rings. The van der Waals surface area contributed by atoms with E-state index in [1.54, 1.807) is 41.3 Å². The van der Waals surface area contributed by atoms with Crippen LogP contribution in [-0.2, 0) is 22.7 Å². The van der Waals surface area contributed by atoms with Gasteiger partial charge in [-0.25, -0.2) is 4.98 Å². The van der Waals surface area contributed by atoms with Gasteiger partial charge in [-0.15, -0.1) is 11.8 Å². The molecule has 0 saturated heterocycles. The standard InChI is InChI=1S/C21H19Cl2N3O2S/c1-25-18-5-3-14(8-20(18)29-12-21(25)27)19(10-26-7-6-24-13-26)28-11-15-2-4-16(22)9-17(15)23/h2-9,13,19H,10-12H2,1H3. The second-order valence-corrected chi connectivity index (χ2v) is 8.62. The van der Waals surface area contributed by atoms with Crippen molar-refractivity contribution in [2.24, 2.45) is 0 Å². The third-order valence-electron chi connectivity index (χ3n) is 4.83. The lowest BCUT2D eigenvalue weighted by Gasteiger charge is -2.27. The van der Waals surface area contributed by atoms with Crippen LogP contribution in [0.4, 0.5) is 5.69 Å². The van der Waals surface area contributed by atoms with Crippen molar-refractivity contribution in [1.29, 1.82) is 0 Å². The molecule has 0 radical (unpaired) electrons. The third-order valence-corrected chi connectivity index (χ3v) is 6.45. The number of rotatable bonds is 6. The highest BCUT2D eigenvalue weighted by molar-refractivity contribution is 8.00. The summed E-state index contributed by atoms with van der Waals surface area (Å²) in [6.07, 6.45) is 5.22. The topological polar surface area (TPSA) is 47.4 Å². The van der Waals surface area contributed by atoms with Gasteiger partial charge in [0.05, 0.1) is 30.9 Å². The summed E-state index contributed by atoms with van der Waals surface area (Å²) in [6.45, 7) is 0.974. The molecule has 1 unspecified atom stereocenters. The van der Waals surface area contributed by atoms with Crippen LogP contribution in [0.2, 0.25) is 10.0 Å². The van der Waals surface area contributed by atoms with Gasteiger partial charge in [-0.1, -0.05) is 35.3 Å². The molecule has 0 aliphatic carbocycles. The monoisotopic (exact) mass is 447 g/mol. The highest BCUT2D eigenvalue weighted by atomic mass is 35.5. The molecule has 0 saturated carbocycles. The quantitative estimate of drug-likeness (QED) is 0.519. The van der Waals surface area contributed by atoms with Crippen LogP contribution in [0.1, 0.15) is 17.2 Å². The fraction of sp³-hybridized carbons (Fsp3) is 0.238. The molecule has 1 aliphatic heterocycles. The van der Waals surface area contributed by atoms with E-state index in [4.69, 9.17) is 27.9 Å². The molecule has 1 aromatic heterocycles. The Balaban J connectivity index is 1.59. The first-order chi connectivity index (χ1) is 14.0. The number of carbonyl (C=O) groups is 1. The maximum Gasteiger partial charge on any atom is 0.237 e. The minimum Gasteiger partial charge on any atom is -0.367 e. The van der Waals surface area contributed by atoms with Crippen molar-refractivity contribution in [2.75, 3.05) is 17.7 Å². The van der Waals surface area contributed by atoms with Crippen LogP contribution in [0, 0.1) is 0 Å². The Bertz CT molecular complexity index is 1030. The van der Waals surface area contributed by atoms with Crippen LogP contribution in [-0.4, -0.2) is 28.3 Å². The lowest BCUT2D eigenvalue weighted by Crippen LogP contribution is -2.31. The van der Waals surface area contributed by atoms with Crippen LogP contribution in [0.15, 0.2) is 60.0 Å². The molecule has 2 aromatic carbocycles. The summed E-state index contributed by atoms with van der Waals surface area (Å²) in [6, 6.07) is 11.5. The minimum atomic E-state index is -0.204. The number of carbonyl (C=O) groups excluding carboxylic acids is 1. The number of hydrogen-bond acceptors (Lipinski definition) is 4. The number of thioether (sulfide) groups is 1. The van der Waals surface area contributed by atoms with E-state index < -0.39 is 0 Å². The lowest BCUT2D eigenvalue weighted by atomic mass is 10.1. The van der Waals surface area contributed by atoms with Crippen LogP contribution in [0.3, 0.4) is 0 Å². The summed E-state index contributed by atoms with van der Waals surface area (Å²) < 4.78 is 8.26. The van der Waals surface area contributed by atoms with E-state index in [0.29, 0.717) is 28.9 Å². The summed E-state index contributed by atoms with van der Waals surface area (Å²) in [7, 11) is 1.81. The number of imidazole rings is 1. The first-order valence-corrected chi connectivity index (χ1v) is 10.8. The van der Waals surface area contributed by atoms with Gasteiger partial charge in [-0.3, -0.25) is 4.79 Å². The number of ether oxygens (including phenoxy) is 1. The molecule has 0 N–H and O–H groups in total. The highest BCUT2D eigenvalue weighted by Crippen LogP contribution is 2.37. The number of nitrogens with zero attached hydrogens (tertiary/aromatic N) is 3. The molecule has 29 heavy (non-hydrogen) atoms. The number of hydrogen-bond donors (Lipinski definition) is 0. The largest absolute Gasteiger partial charge is 0.367 e. The predicted molar refractivity (Wildman–Crippen MR) is 117 cm³/mol. The molecule has 8 heteroatoms. The van der Waals surface area contributed by atoms with Gasteiger partial charge in [-0.05, 0) is 35.4 Å². The Morgan fingerprint density at radius 1 is 1.24 bits per heavy atom. The molecule has 1 atom stereocenters. The molecular formula is C21H19Cl2N3O2S. The van der Waals surface area contributed by atoms with Crippen LogP contribution in [0.5, 0.6) is 0 Å². The van der Waals surface area contributed by atoms with E-state index in [9.17, 15) is 4.79 Å². The smallest absolute Gasteiger partial charge is 0.237 e. The molecule has 2 heterocycles. The van der Waals surface area contributed by atoms with Crippen molar-refractivity contribution >= 4 is 46.6 Å². The van der Waals surface area contributed by atoms with E-state index in [2.05, 4.69) is 11.1 Å². The summed E-state index contributed by atoms with van der Waals surface area (Å²) >= 11 is 13.9. The van der Waals surface area contributed by atoms with E-state index in [-0.39, 0.29) is 12.0 Å². The molecule has 1 amide bonds. The number of benzene rings is 2. The van der Waals surface area contributed by atoms with E-state index in [1.807, 2.05) is 36.0 Å². The summed E-state index contributed by atoms with van der Waals surface area (Å²) in [5.41, 5.74) is 2.85. The van der Waals surface area contributed by atoms with Gasteiger partial charge in [0.25, 0.3) is 0 Å². The molecule has 3 aromatic rings. The molecule has 5 nitrogen and oxygen atoms in total. The van der Waals surface area contributed by atoms with Gasteiger partial charge in [0.1, 0.15) is 6.10 Å². The van der Waals surface area contributed by atoms with Gasteiger partial charge in [0, 0.05) is 34.4 Å². The summed E-state index contributed by atoms with van der Waals surface area (Å²) in [4.78, 5) is 18.9. The van der Waals surface area contributed by atoms with Crippen LogP contribution in [0.25, 0.3) is 0 Å². The normalized spacial score (nSPS) is 14.7. The number of fused-ring (bicyclic) bond motifs is 1. The first-order valence-electron chi connectivity index (χ1n) is 9.06. The number of aromatic nitrogens is 2. The zero-order valence-corrected chi connectivity index (χ0v) is 18.0. The second-order valence-electron chi connectivity index (χ2n) is 6.76. The molecule has 0 bridgehead atoms. The molecule has 1 aliphatic rings. The average molecular weight is 448 g/mol. The first kappa shape index (κ1) is 20.3. The van der Waals surface area contributed by atoms with Crippen LogP contribution < -0.4 is 4.90 Å². The van der Waals surface area contributed by atoms with Gasteiger partial charge >= 0.3 is 0 Å². The van der Waals surface area contributed by atoms with Crippen molar-refractivity contribution in [2.45, 2.75) is 24.2 Å². The van der Waals surface area contributed by atoms with Crippen molar-refractivity contribution in [3.05, 3.63) is 76.3 Å². The number of amides is 1. The van der Waals surface area contributed by atoms with E-state index in [1.165, 1.54) is 0 Å². The maximum absolute atomic E-state index is 12.0. The average Bonchev–Trinajstić information content (AvgIpc) is 3.22. The predicted octanol–water partition coefficient (Wildman–Crippen LogP) is 5.22. The van der Waals surface area contributed by atoms with Crippen molar-refractivity contribution in [3.8, 4) is 0 Å².